The number of nitrogens with one attached hydrogen (secondary N) is 1. The molecule has 1 N–H and O–H groups in total. The van der Waals surface area contributed by atoms with Gasteiger partial charge < -0.3 is 19.3 Å². The highest BCUT2D eigenvalue weighted by atomic mass is 16.5. The molecule has 0 aliphatic heterocycles. The Morgan fingerprint density at radius 3 is 2.67 bits per heavy atom. The van der Waals surface area contributed by atoms with Crippen molar-refractivity contribution in [2.24, 2.45) is 0 Å². The van der Waals surface area contributed by atoms with Crippen LogP contribution in [0.4, 0.5) is 0 Å². The van der Waals surface area contributed by atoms with Crippen molar-refractivity contribution in [1.82, 2.24) is 10.5 Å². The molecule has 2 rings (SSSR count). The molecule has 27 heavy (non-hydrogen) atoms. The van der Waals surface area contributed by atoms with Gasteiger partial charge in [-0.3, -0.25) is 4.79 Å². The predicted molar refractivity (Wildman–Crippen MR) is 104 cm³/mol. The van der Waals surface area contributed by atoms with Gasteiger partial charge in [0.1, 0.15) is 5.76 Å². The summed E-state index contributed by atoms with van der Waals surface area (Å²) in [5.74, 6) is 2.01. The van der Waals surface area contributed by atoms with E-state index in [-0.39, 0.29) is 18.4 Å². The molecule has 0 saturated carbocycles. The first-order chi connectivity index (χ1) is 13.0. The molecule has 148 valence electrons. The van der Waals surface area contributed by atoms with Crippen molar-refractivity contribution in [3.63, 3.8) is 0 Å². The maximum atomic E-state index is 12.4. The van der Waals surface area contributed by atoms with E-state index >= 15 is 0 Å². The van der Waals surface area contributed by atoms with Crippen LogP contribution < -0.4 is 14.8 Å². The average molecular weight is 374 g/mol. The quantitative estimate of drug-likeness (QED) is 0.628. The Hall–Kier alpha value is -2.50. The van der Waals surface area contributed by atoms with Gasteiger partial charge in [-0.05, 0) is 44.9 Å². The van der Waals surface area contributed by atoms with E-state index in [9.17, 15) is 4.79 Å². The van der Waals surface area contributed by atoms with Crippen LogP contribution in [0.3, 0.4) is 0 Å². The minimum atomic E-state index is -0.152. The van der Waals surface area contributed by atoms with Gasteiger partial charge in [0.2, 0.25) is 5.91 Å². The number of aromatic nitrogens is 1. The zero-order valence-electron chi connectivity index (χ0n) is 16.9. The van der Waals surface area contributed by atoms with Crippen molar-refractivity contribution in [2.75, 3.05) is 13.7 Å². The maximum absolute atomic E-state index is 12.4. The zero-order valence-corrected chi connectivity index (χ0v) is 16.9. The van der Waals surface area contributed by atoms with Crippen molar-refractivity contribution in [3.05, 3.63) is 40.8 Å². The first-order valence-corrected chi connectivity index (χ1v) is 9.48. The lowest BCUT2D eigenvalue weighted by Gasteiger charge is -2.17. The van der Waals surface area contributed by atoms with Crippen LogP contribution in [-0.4, -0.2) is 24.8 Å². The number of aryl methyl sites for hydroxylation is 2. The van der Waals surface area contributed by atoms with Gasteiger partial charge in [0.05, 0.1) is 31.9 Å². The van der Waals surface area contributed by atoms with Gasteiger partial charge >= 0.3 is 0 Å². The molecule has 0 saturated heterocycles. The van der Waals surface area contributed by atoms with E-state index in [1.54, 1.807) is 7.11 Å². The number of nitrogens with zero attached hydrogens (tertiary/aromatic N) is 1. The first kappa shape index (κ1) is 20.8. The molecule has 6 heteroatoms. The number of carbonyl (C=O) groups excluding carboxylic acids is 1. The molecule has 1 aromatic carbocycles. The lowest BCUT2D eigenvalue weighted by atomic mass is 10.1. The Morgan fingerprint density at radius 2 is 2.04 bits per heavy atom. The minimum absolute atomic E-state index is 0.0734. The summed E-state index contributed by atoms with van der Waals surface area (Å²) in [4.78, 5) is 12.4. The van der Waals surface area contributed by atoms with Gasteiger partial charge in [-0.25, -0.2) is 0 Å². The topological polar surface area (TPSA) is 73.6 Å². The summed E-state index contributed by atoms with van der Waals surface area (Å²) in [7, 11) is 1.62. The lowest BCUT2D eigenvalue weighted by Crippen LogP contribution is -2.28. The van der Waals surface area contributed by atoms with E-state index in [1.165, 1.54) is 0 Å². The molecule has 1 amide bonds. The fourth-order valence-corrected chi connectivity index (χ4v) is 2.90. The molecule has 1 aromatic heterocycles. The Morgan fingerprint density at radius 1 is 1.26 bits per heavy atom. The zero-order chi connectivity index (χ0) is 19.8. The summed E-state index contributed by atoms with van der Waals surface area (Å²) < 4.78 is 16.4. The highest BCUT2D eigenvalue weighted by Gasteiger charge is 2.17. The Labute approximate surface area is 161 Å². The van der Waals surface area contributed by atoms with Crippen molar-refractivity contribution < 1.29 is 18.8 Å². The van der Waals surface area contributed by atoms with Gasteiger partial charge in [0.15, 0.2) is 11.5 Å². The number of carbonyl (C=O) groups is 1. The SMILES string of the molecule is CCCCCOc1ccc(C(C)NC(=O)Cc2c(C)noc2C)cc1OC. The van der Waals surface area contributed by atoms with Gasteiger partial charge in [-0.1, -0.05) is 31.0 Å². The Bertz CT molecular complexity index is 735. The standard InChI is InChI=1S/C21H30N2O4/c1-6-7-8-11-26-19-10-9-17(12-20(19)25-5)14(2)22-21(24)13-18-15(3)23-27-16(18)4/h9-10,12,14H,6-8,11,13H2,1-5H3,(H,22,24). The maximum Gasteiger partial charge on any atom is 0.225 e. The number of amides is 1. The van der Waals surface area contributed by atoms with E-state index in [0.29, 0.717) is 18.1 Å². The third-order valence-electron chi connectivity index (χ3n) is 4.59. The van der Waals surface area contributed by atoms with Crippen LogP contribution in [0.1, 0.15) is 61.7 Å². The summed E-state index contributed by atoms with van der Waals surface area (Å²) in [5, 5.41) is 6.90. The van der Waals surface area contributed by atoms with E-state index in [4.69, 9.17) is 14.0 Å². The highest BCUT2D eigenvalue weighted by molar-refractivity contribution is 5.79. The third kappa shape index (κ3) is 5.74. The van der Waals surface area contributed by atoms with E-state index in [2.05, 4.69) is 17.4 Å². The molecule has 1 heterocycles. The molecule has 0 fully saturated rings. The molecule has 1 atom stereocenters. The number of methoxy groups -OCH3 is 1. The second-order valence-electron chi connectivity index (χ2n) is 6.73. The number of unbranched alkanes of at least 4 members (excludes halogenated alkanes) is 2. The van der Waals surface area contributed by atoms with E-state index in [1.807, 2.05) is 39.0 Å². The van der Waals surface area contributed by atoms with Gasteiger partial charge in [-0.15, -0.1) is 0 Å². The van der Waals surface area contributed by atoms with Crippen LogP contribution in [-0.2, 0) is 11.2 Å². The molecule has 0 spiro atoms. The van der Waals surface area contributed by atoms with Crippen LogP contribution in [0.5, 0.6) is 11.5 Å². The van der Waals surface area contributed by atoms with Crippen molar-refractivity contribution >= 4 is 5.91 Å². The van der Waals surface area contributed by atoms with Crippen molar-refractivity contribution in [2.45, 2.75) is 59.4 Å². The van der Waals surface area contributed by atoms with Gasteiger partial charge in [0, 0.05) is 5.56 Å². The molecule has 0 bridgehead atoms. The normalized spacial score (nSPS) is 11.9. The van der Waals surface area contributed by atoms with Crippen LogP contribution in [0.15, 0.2) is 22.7 Å². The molecule has 0 aliphatic rings. The fourth-order valence-electron chi connectivity index (χ4n) is 2.90. The number of ether oxygens (including phenoxy) is 2. The molecule has 2 aromatic rings. The van der Waals surface area contributed by atoms with Crippen LogP contribution in [0, 0.1) is 13.8 Å². The largest absolute Gasteiger partial charge is 0.493 e. The summed E-state index contributed by atoms with van der Waals surface area (Å²) in [6, 6.07) is 5.62. The predicted octanol–water partition coefficient (Wildman–Crippen LogP) is 4.29. The summed E-state index contributed by atoms with van der Waals surface area (Å²) in [6.45, 7) is 8.44. The Kier molecular flexibility index (Phi) is 7.70. The fraction of sp³-hybridized carbons (Fsp3) is 0.524. The van der Waals surface area contributed by atoms with Crippen molar-refractivity contribution in [3.8, 4) is 11.5 Å². The molecule has 6 nitrogen and oxygen atoms in total. The smallest absolute Gasteiger partial charge is 0.225 e. The number of hydrogen-bond acceptors (Lipinski definition) is 5. The third-order valence-corrected chi connectivity index (χ3v) is 4.59. The van der Waals surface area contributed by atoms with E-state index in [0.717, 1.165) is 41.8 Å². The summed E-state index contributed by atoms with van der Waals surface area (Å²) >= 11 is 0. The summed E-state index contributed by atoms with van der Waals surface area (Å²) in [6.07, 6.45) is 3.58. The van der Waals surface area contributed by atoms with Gasteiger partial charge in [0.25, 0.3) is 0 Å². The second kappa shape index (κ2) is 10.00. The molecule has 1 unspecified atom stereocenters. The minimum Gasteiger partial charge on any atom is -0.493 e. The molecule has 0 radical (unpaired) electrons. The monoisotopic (exact) mass is 374 g/mol. The average Bonchev–Trinajstić information content (AvgIpc) is 2.97. The molecular formula is C21H30N2O4. The second-order valence-corrected chi connectivity index (χ2v) is 6.73. The van der Waals surface area contributed by atoms with E-state index < -0.39 is 0 Å². The van der Waals surface area contributed by atoms with Crippen molar-refractivity contribution in [1.29, 1.82) is 0 Å². The van der Waals surface area contributed by atoms with Crippen LogP contribution >= 0.6 is 0 Å². The molecule has 0 aliphatic carbocycles. The first-order valence-electron chi connectivity index (χ1n) is 9.48. The van der Waals surface area contributed by atoms with Crippen LogP contribution in [0.25, 0.3) is 0 Å². The number of benzene rings is 1. The lowest BCUT2D eigenvalue weighted by molar-refractivity contribution is -0.121. The Balaban J connectivity index is 1.98. The van der Waals surface area contributed by atoms with Gasteiger partial charge in [-0.2, -0.15) is 0 Å². The number of hydrogen-bond donors (Lipinski definition) is 1. The highest BCUT2D eigenvalue weighted by Crippen LogP contribution is 2.30. The number of rotatable bonds is 10. The summed E-state index contributed by atoms with van der Waals surface area (Å²) in [5.41, 5.74) is 2.55. The van der Waals surface area contributed by atoms with Crippen LogP contribution in [0.2, 0.25) is 0 Å². The molecular weight excluding hydrogens is 344 g/mol.